The zero-order valence-corrected chi connectivity index (χ0v) is 11.2. The standard InChI is InChI=1S/C11H8F6O3S/c1-21(19,20)5-9(18)6-2-7(10(12,13)14)4-8(3-6)11(15,16)17/h2-4H,5H2,1H3. The van der Waals surface area contributed by atoms with Gasteiger partial charge in [-0.1, -0.05) is 0 Å². The van der Waals surface area contributed by atoms with E-state index in [-0.39, 0.29) is 18.2 Å². The molecule has 0 unspecified atom stereocenters. The Morgan fingerprint density at radius 3 is 1.62 bits per heavy atom. The molecule has 0 saturated heterocycles. The number of carbonyl (C=O) groups is 1. The Morgan fingerprint density at radius 1 is 0.952 bits per heavy atom. The smallest absolute Gasteiger partial charge is 0.293 e. The van der Waals surface area contributed by atoms with Gasteiger partial charge in [-0.3, -0.25) is 4.79 Å². The normalized spacial score (nSPS) is 13.3. The summed E-state index contributed by atoms with van der Waals surface area (Å²) >= 11 is 0. The van der Waals surface area contributed by atoms with Crippen molar-refractivity contribution in [3.05, 3.63) is 34.9 Å². The Labute approximate surface area is 115 Å². The number of benzene rings is 1. The molecule has 0 heterocycles. The molecule has 0 saturated carbocycles. The van der Waals surface area contributed by atoms with Crippen molar-refractivity contribution >= 4 is 15.6 Å². The van der Waals surface area contributed by atoms with E-state index < -0.39 is 50.4 Å². The summed E-state index contributed by atoms with van der Waals surface area (Å²) in [6, 6.07) is 0.253. The van der Waals surface area contributed by atoms with E-state index in [1.165, 1.54) is 0 Å². The first-order valence-electron chi connectivity index (χ1n) is 5.20. The third-order valence-electron chi connectivity index (χ3n) is 2.30. The molecule has 3 nitrogen and oxygen atoms in total. The van der Waals surface area contributed by atoms with Crippen LogP contribution in [0.2, 0.25) is 0 Å². The van der Waals surface area contributed by atoms with Gasteiger partial charge in [0.1, 0.15) is 5.75 Å². The number of halogens is 6. The second kappa shape index (κ2) is 5.32. The second-order valence-corrected chi connectivity index (χ2v) is 6.43. The van der Waals surface area contributed by atoms with Crippen LogP contribution in [0, 0.1) is 0 Å². The molecule has 10 heteroatoms. The van der Waals surface area contributed by atoms with E-state index >= 15 is 0 Å². The molecule has 0 aliphatic rings. The van der Waals surface area contributed by atoms with E-state index in [2.05, 4.69) is 0 Å². The Kier molecular flexibility index (Phi) is 4.42. The summed E-state index contributed by atoms with van der Waals surface area (Å²) in [7, 11) is -3.88. The molecular weight excluding hydrogens is 326 g/mol. The summed E-state index contributed by atoms with van der Waals surface area (Å²) in [5.41, 5.74) is -4.30. The lowest BCUT2D eigenvalue weighted by molar-refractivity contribution is -0.143. The first kappa shape index (κ1) is 17.5. The van der Waals surface area contributed by atoms with Crippen molar-refractivity contribution in [2.45, 2.75) is 12.4 Å². The Morgan fingerprint density at radius 2 is 1.33 bits per heavy atom. The number of sulfone groups is 1. The summed E-state index contributed by atoms with van der Waals surface area (Å²) in [4.78, 5) is 11.5. The molecule has 0 aliphatic heterocycles. The molecule has 0 bridgehead atoms. The van der Waals surface area contributed by atoms with E-state index in [0.717, 1.165) is 0 Å². The van der Waals surface area contributed by atoms with Crippen LogP contribution in [0.1, 0.15) is 21.5 Å². The molecule has 0 atom stereocenters. The zero-order valence-electron chi connectivity index (χ0n) is 10.3. The highest BCUT2D eigenvalue weighted by molar-refractivity contribution is 7.91. The quantitative estimate of drug-likeness (QED) is 0.631. The van der Waals surface area contributed by atoms with E-state index in [1.807, 2.05) is 0 Å². The van der Waals surface area contributed by atoms with Crippen LogP contribution in [-0.4, -0.2) is 26.2 Å². The molecule has 0 aromatic heterocycles. The van der Waals surface area contributed by atoms with E-state index in [4.69, 9.17) is 0 Å². The SMILES string of the molecule is CS(=O)(=O)CC(=O)c1cc(C(F)(F)F)cc(C(F)(F)F)c1. The highest BCUT2D eigenvalue weighted by atomic mass is 32.2. The van der Waals surface area contributed by atoms with Gasteiger partial charge >= 0.3 is 12.4 Å². The molecule has 1 aromatic rings. The van der Waals surface area contributed by atoms with Crippen LogP contribution in [0.25, 0.3) is 0 Å². The molecule has 0 radical (unpaired) electrons. The first-order chi connectivity index (χ1) is 9.20. The van der Waals surface area contributed by atoms with Gasteiger partial charge in [-0.15, -0.1) is 0 Å². The van der Waals surface area contributed by atoms with E-state index in [9.17, 15) is 39.6 Å². The summed E-state index contributed by atoms with van der Waals surface area (Å²) < 4.78 is 97.1. The summed E-state index contributed by atoms with van der Waals surface area (Å²) in [5.74, 6) is -2.51. The molecule has 0 spiro atoms. The fourth-order valence-corrected chi connectivity index (χ4v) is 2.08. The lowest BCUT2D eigenvalue weighted by atomic mass is 10.0. The van der Waals surface area contributed by atoms with Crippen molar-refractivity contribution in [3.8, 4) is 0 Å². The number of rotatable bonds is 3. The summed E-state index contributed by atoms with van der Waals surface area (Å²) in [6.45, 7) is 0. The van der Waals surface area contributed by atoms with Crippen LogP contribution >= 0.6 is 0 Å². The number of hydrogen-bond donors (Lipinski definition) is 0. The number of ketones is 1. The molecule has 0 amide bonds. The fraction of sp³-hybridized carbons (Fsp3) is 0.364. The average Bonchev–Trinajstić information content (AvgIpc) is 2.23. The van der Waals surface area contributed by atoms with Gasteiger partial charge < -0.3 is 0 Å². The van der Waals surface area contributed by atoms with Crippen LogP contribution in [-0.2, 0) is 22.2 Å². The highest BCUT2D eigenvalue weighted by Crippen LogP contribution is 2.36. The van der Waals surface area contributed by atoms with Crippen LogP contribution in [0.5, 0.6) is 0 Å². The molecular formula is C11H8F6O3S. The molecule has 0 aliphatic carbocycles. The maximum absolute atomic E-state index is 12.5. The minimum Gasteiger partial charge on any atom is -0.293 e. The van der Waals surface area contributed by atoms with Gasteiger partial charge in [-0.2, -0.15) is 26.3 Å². The van der Waals surface area contributed by atoms with Gasteiger partial charge in [-0.25, -0.2) is 8.42 Å². The van der Waals surface area contributed by atoms with Gasteiger partial charge in [0.2, 0.25) is 0 Å². The number of hydrogen-bond acceptors (Lipinski definition) is 3. The summed E-state index contributed by atoms with van der Waals surface area (Å²) in [6.07, 6.45) is -9.55. The van der Waals surface area contributed by atoms with Crippen LogP contribution in [0.3, 0.4) is 0 Å². The fourth-order valence-electron chi connectivity index (χ4n) is 1.44. The number of carbonyl (C=O) groups excluding carboxylic acids is 1. The Bertz CT molecular complexity index is 625. The van der Waals surface area contributed by atoms with Crippen molar-refractivity contribution in [1.29, 1.82) is 0 Å². The van der Waals surface area contributed by atoms with Gasteiger partial charge in [0.05, 0.1) is 11.1 Å². The van der Waals surface area contributed by atoms with Crippen LogP contribution < -0.4 is 0 Å². The Hall–Kier alpha value is -1.58. The highest BCUT2D eigenvalue weighted by Gasteiger charge is 2.37. The maximum atomic E-state index is 12.5. The van der Waals surface area contributed by atoms with E-state index in [1.54, 1.807) is 0 Å². The van der Waals surface area contributed by atoms with Crippen molar-refractivity contribution in [2.24, 2.45) is 0 Å². The molecule has 21 heavy (non-hydrogen) atoms. The summed E-state index contributed by atoms with van der Waals surface area (Å²) in [5, 5.41) is 0. The van der Waals surface area contributed by atoms with Crippen molar-refractivity contribution in [2.75, 3.05) is 12.0 Å². The predicted molar refractivity (Wildman–Crippen MR) is 60.5 cm³/mol. The third-order valence-corrected chi connectivity index (χ3v) is 3.09. The molecule has 1 aromatic carbocycles. The lowest BCUT2D eigenvalue weighted by Crippen LogP contribution is -2.18. The van der Waals surface area contributed by atoms with Gasteiger partial charge in [0.15, 0.2) is 15.6 Å². The van der Waals surface area contributed by atoms with Crippen molar-refractivity contribution in [3.63, 3.8) is 0 Å². The maximum Gasteiger partial charge on any atom is 0.416 e. The monoisotopic (exact) mass is 334 g/mol. The van der Waals surface area contributed by atoms with Gasteiger partial charge in [0, 0.05) is 11.8 Å². The number of alkyl halides is 6. The van der Waals surface area contributed by atoms with Crippen LogP contribution in [0.15, 0.2) is 18.2 Å². The lowest BCUT2D eigenvalue weighted by Gasteiger charge is -2.13. The van der Waals surface area contributed by atoms with Crippen LogP contribution in [0.4, 0.5) is 26.3 Å². The first-order valence-corrected chi connectivity index (χ1v) is 7.26. The van der Waals surface area contributed by atoms with Crippen molar-refractivity contribution in [1.82, 2.24) is 0 Å². The largest absolute Gasteiger partial charge is 0.416 e. The number of Topliss-reactive ketones (excluding diaryl/α,β-unsaturated/α-hetero) is 1. The Balaban J connectivity index is 3.42. The average molecular weight is 334 g/mol. The third kappa shape index (κ3) is 5.03. The minimum absolute atomic E-state index is 0.142. The zero-order chi connectivity index (χ0) is 16.6. The predicted octanol–water partition coefficient (Wildman–Crippen LogP) is 2.95. The van der Waals surface area contributed by atoms with Crippen molar-refractivity contribution < 1.29 is 39.6 Å². The topological polar surface area (TPSA) is 51.2 Å². The van der Waals surface area contributed by atoms with E-state index in [0.29, 0.717) is 6.26 Å². The second-order valence-electron chi connectivity index (χ2n) is 4.29. The molecule has 118 valence electrons. The van der Waals surface area contributed by atoms with Gasteiger partial charge in [0.25, 0.3) is 0 Å². The van der Waals surface area contributed by atoms with Gasteiger partial charge in [-0.05, 0) is 18.2 Å². The molecule has 1 rings (SSSR count). The molecule has 0 fully saturated rings. The minimum atomic E-state index is -5.10. The molecule has 0 N–H and O–H groups in total.